The Morgan fingerprint density at radius 3 is 2.52 bits per heavy atom. The van der Waals surface area contributed by atoms with Gasteiger partial charge in [-0.3, -0.25) is 9.69 Å². The van der Waals surface area contributed by atoms with Gasteiger partial charge in [0, 0.05) is 37.8 Å². The molecular weight excluding hydrogens is 264 g/mol. The number of nitrogens with zero attached hydrogens (tertiary/aromatic N) is 2. The molecule has 0 saturated carbocycles. The standard InChI is InChI=1S/C17H22N2O2/c1-14(2)18-9-11-19(12-10-18)17(21)16-8-4-3-6-15(16)7-5-13-20/h3-4,6,8,14,20H,9-13H2,1-2H3. The van der Waals surface area contributed by atoms with Gasteiger partial charge in [-0.2, -0.15) is 0 Å². The summed E-state index contributed by atoms with van der Waals surface area (Å²) in [5, 5.41) is 8.81. The number of piperazine rings is 1. The maximum atomic E-state index is 12.6. The van der Waals surface area contributed by atoms with E-state index in [2.05, 4.69) is 30.6 Å². The van der Waals surface area contributed by atoms with Crippen LogP contribution in [0.1, 0.15) is 29.8 Å². The summed E-state index contributed by atoms with van der Waals surface area (Å²) in [5.41, 5.74) is 1.30. The van der Waals surface area contributed by atoms with E-state index in [4.69, 9.17) is 5.11 Å². The smallest absolute Gasteiger partial charge is 0.255 e. The highest BCUT2D eigenvalue weighted by Crippen LogP contribution is 2.14. The molecule has 112 valence electrons. The number of carbonyl (C=O) groups is 1. The van der Waals surface area contributed by atoms with Crippen molar-refractivity contribution in [3.05, 3.63) is 35.4 Å². The Balaban J connectivity index is 2.11. The fourth-order valence-corrected chi connectivity index (χ4v) is 2.53. The largest absolute Gasteiger partial charge is 0.384 e. The van der Waals surface area contributed by atoms with Crippen LogP contribution in [0.25, 0.3) is 0 Å². The van der Waals surface area contributed by atoms with E-state index in [9.17, 15) is 4.79 Å². The molecule has 1 saturated heterocycles. The topological polar surface area (TPSA) is 43.8 Å². The zero-order valence-corrected chi connectivity index (χ0v) is 12.7. The molecule has 1 aliphatic rings. The molecule has 0 bridgehead atoms. The zero-order chi connectivity index (χ0) is 15.2. The van der Waals surface area contributed by atoms with Crippen LogP contribution >= 0.6 is 0 Å². The number of rotatable bonds is 2. The number of aliphatic hydroxyl groups excluding tert-OH is 1. The molecule has 2 rings (SSSR count). The van der Waals surface area contributed by atoms with E-state index in [0.717, 1.165) is 26.2 Å². The lowest BCUT2D eigenvalue weighted by atomic mass is 10.1. The van der Waals surface area contributed by atoms with Gasteiger partial charge in [0.25, 0.3) is 5.91 Å². The fourth-order valence-electron chi connectivity index (χ4n) is 2.53. The normalized spacial score (nSPS) is 15.7. The van der Waals surface area contributed by atoms with Crippen molar-refractivity contribution in [2.45, 2.75) is 19.9 Å². The van der Waals surface area contributed by atoms with Crippen LogP contribution in [-0.2, 0) is 0 Å². The fraction of sp³-hybridized carbons (Fsp3) is 0.471. The molecule has 1 aromatic rings. The van der Waals surface area contributed by atoms with Crippen molar-refractivity contribution in [1.82, 2.24) is 9.80 Å². The minimum Gasteiger partial charge on any atom is -0.384 e. The van der Waals surface area contributed by atoms with E-state index in [-0.39, 0.29) is 12.5 Å². The predicted octanol–water partition coefficient (Wildman–Crippen LogP) is 1.20. The number of benzene rings is 1. The highest BCUT2D eigenvalue weighted by Gasteiger charge is 2.24. The highest BCUT2D eigenvalue weighted by molar-refractivity contribution is 5.96. The summed E-state index contributed by atoms with van der Waals surface area (Å²) < 4.78 is 0. The Labute approximate surface area is 126 Å². The molecule has 0 aromatic heterocycles. The lowest BCUT2D eigenvalue weighted by Gasteiger charge is -2.37. The van der Waals surface area contributed by atoms with E-state index < -0.39 is 0 Å². The third kappa shape index (κ3) is 3.84. The van der Waals surface area contributed by atoms with Gasteiger partial charge in [-0.15, -0.1) is 0 Å². The van der Waals surface area contributed by atoms with Crippen LogP contribution in [0.4, 0.5) is 0 Å². The van der Waals surface area contributed by atoms with E-state index in [1.54, 1.807) is 6.07 Å². The molecule has 0 radical (unpaired) electrons. The van der Waals surface area contributed by atoms with Gasteiger partial charge < -0.3 is 10.0 Å². The second-order valence-electron chi connectivity index (χ2n) is 5.43. The van der Waals surface area contributed by atoms with E-state index >= 15 is 0 Å². The molecule has 4 nitrogen and oxygen atoms in total. The van der Waals surface area contributed by atoms with Gasteiger partial charge in [0.05, 0.1) is 5.56 Å². The lowest BCUT2D eigenvalue weighted by Crippen LogP contribution is -2.50. The van der Waals surface area contributed by atoms with Crippen molar-refractivity contribution in [3.8, 4) is 11.8 Å². The number of carbonyl (C=O) groups excluding carboxylic acids is 1. The van der Waals surface area contributed by atoms with Crippen molar-refractivity contribution in [2.24, 2.45) is 0 Å². The molecule has 0 spiro atoms. The van der Waals surface area contributed by atoms with Crippen molar-refractivity contribution < 1.29 is 9.90 Å². The molecule has 21 heavy (non-hydrogen) atoms. The minimum atomic E-state index is -0.199. The zero-order valence-electron chi connectivity index (χ0n) is 12.7. The first-order valence-corrected chi connectivity index (χ1v) is 7.35. The summed E-state index contributed by atoms with van der Waals surface area (Å²) in [6, 6.07) is 7.85. The number of hydrogen-bond acceptors (Lipinski definition) is 3. The second-order valence-corrected chi connectivity index (χ2v) is 5.43. The van der Waals surface area contributed by atoms with Crippen LogP contribution < -0.4 is 0 Å². The Bertz CT molecular complexity index is 549. The highest BCUT2D eigenvalue weighted by atomic mass is 16.2. The van der Waals surface area contributed by atoms with E-state index in [1.165, 1.54) is 0 Å². The average molecular weight is 286 g/mol. The molecule has 1 aromatic carbocycles. The van der Waals surface area contributed by atoms with Gasteiger partial charge in [0.1, 0.15) is 6.61 Å². The predicted molar refractivity (Wildman–Crippen MR) is 83.0 cm³/mol. The first-order chi connectivity index (χ1) is 10.1. The van der Waals surface area contributed by atoms with E-state index in [1.807, 2.05) is 23.1 Å². The molecule has 1 N–H and O–H groups in total. The average Bonchev–Trinajstić information content (AvgIpc) is 2.52. The van der Waals surface area contributed by atoms with Gasteiger partial charge >= 0.3 is 0 Å². The molecule has 4 heteroatoms. The monoisotopic (exact) mass is 286 g/mol. The van der Waals surface area contributed by atoms with Gasteiger partial charge in [-0.1, -0.05) is 24.0 Å². The summed E-state index contributed by atoms with van der Waals surface area (Å²) in [5.74, 6) is 5.49. The Hall–Kier alpha value is -1.83. The Morgan fingerprint density at radius 2 is 1.90 bits per heavy atom. The number of hydrogen-bond donors (Lipinski definition) is 1. The van der Waals surface area contributed by atoms with Gasteiger partial charge in [-0.05, 0) is 26.0 Å². The van der Waals surface area contributed by atoms with E-state index in [0.29, 0.717) is 17.2 Å². The maximum Gasteiger partial charge on any atom is 0.255 e. The molecule has 1 aliphatic heterocycles. The van der Waals surface area contributed by atoms with Crippen LogP contribution in [0.2, 0.25) is 0 Å². The SMILES string of the molecule is CC(C)N1CCN(C(=O)c2ccccc2C#CCO)CC1. The second kappa shape index (κ2) is 7.26. The van der Waals surface area contributed by atoms with Crippen molar-refractivity contribution in [2.75, 3.05) is 32.8 Å². The molecule has 1 fully saturated rings. The summed E-state index contributed by atoms with van der Waals surface area (Å²) in [6.45, 7) is 7.48. The van der Waals surface area contributed by atoms with Crippen LogP contribution in [0.5, 0.6) is 0 Å². The van der Waals surface area contributed by atoms with Crippen LogP contribution in [0.15, 0.2) is 24.3 Å². The molecule has 1 amide bonds. The molecule has 0 unspecified atom stereocenters. The third-order valence-corrected chi connectivity index (χ3v) is 3.79. The summed E-state index contributed by atoms with van der Waals surface area (Å²) in [4.78, 5) is 16.9. The summed E-state index contributed by atoms with van der Waals surface area (Å²) in [6.07, 6.45) is 0. The third-order valence-electron chi connectivity index (χ3n) is 3.79. The minimum absolute atomic E-state index is 0.0289. The van der Waals surface area contributed by atoms with Crippen LogP contribution in [-0.4, -0.2) is 59.6 Å². The lowest BCUT2D eigenvalue weighted by molar-refractivity contribution is 0.0595. The van der Waals surface area contributed by atoms with Gasteiger partial charge in [0.2, 0.25) is 0 Å². The van der Waals surface area contributed by atoms with Crippen molar-refractivity contribution in [1.29, 1.82) is 0 Å². The molecular formula is C17H22N2O2. The summed E-state index contributed by atoms with van der Waals surface area (Å²) >= 11 is 0. The van der Waals surface area contributed by atoms with Crippen molar-refractivity contribution >= 4 is 5.91 Å². The Kier molecular flexibility index (Phi) is 5.38. The van der Waals surface area contributed by atoms with Crippen LogP contribution in [0, 0.1) is 11.8 Å². The molecule has 0 atom stereocenters. The van der Waals surface area contributed by atoms with Crippen LogP contribution in [0.3, 0.4) is 0 Å². The molecule has 1 heterocycles. The van der Waals surface area contributed by atoms with Gasteiger partial charge in [-0.25, -0.2) is 0 Å². The van der Waals surface area contributed by atoms with Gasteiger partial charge in [0.15, 0.2) is 0 Å². The number of aliphatic hydroxyl groups is 1. The first-order valence-electron chi connectivity index (χ1n) is 7.35. The number of amides is 1. The first kappa shape index (κ1) is 15.6. The Morgan fingerprint density at radius 1 is 1.24 bits per heavy atom. The summed E-state index contributed by atoms with van der Waals surface area (Å²) in [7, 11) is 0. The maximum absolute atomic E-state index is 12.6. The quantitative estimate of drug-likeness (QED) is 0.831. The molecule has 0 aliphatic carbocycles. The van der Waals surface area contributed by atoms with Crippen molar-refractivity contribution in [3.63, 3.8) is 0 Å².